The first kappa shape index (κ1) is 13.2. The lowest BCUT2D eigenvalue weighted by molar-refractivity contribution is 0.434. The van der Waals surface area contributed by atoms with E-state index in [1.807, 2.05) is 12.1 Å². The maximum Gasteiger partial charge on any atom is 0.173 e. The van der Waals surface area contributed by atoms with Crippen molar-refractivity contribution in [2.24, 2.45) is 5.92 Å². The van der Waals surface area contributed by atoms with Gasteiger partial charge in [0.2, 0.25) is 0 Å². The summed E-state index contributed by atoms with van der Waals surface area (Å²) in [7, 11) is 0. The summed E-state index contributed by atoms with van der Waals surface area (Å²) in [6, 6.07) is 5.40. The van der Waals surface area contributed by atoms with Crippen molar-refractivity contribution in [2.75, 3.05) is 5.73 Å². The third-order valence-electron chi connectivity index (χ3n) is 2.63. The van der Waals surface area contributed by atoms with Crippen LogP contribution in [0.15, 0.2) is 22.7 Å². The van der Waals surface area contributed by atoms with Crippen molar-refractivity contribution in [1.82, 2.24) is 5.16 Å². The fourth-order valence-corrected chi connectivity index (χ4v) is 2.20. The second-order valence-electron chi connectivity index (χ2n) is 4.57. The summed E-state index contributed by atoms with van der Waals surface area (Å²) in [6.45, 7) is 4.21. The summed E-state index contributed by atoms with van der Waals surface area (Å²) in [4.78, 5) is 0. The molecule has 96 valence electrons. The summed E-state index contributed by atoms with van der Waals surface area (Å²) in [5.41, 5.74) is 7.44. The zero-order valence-electron chi connectivity index (χ0n) is 10.2. The number of benzene rings is 1. The van der Waals surface area contributed by atoms with Crippen LogP contribution in [0.3, 0.4) is 0 Å². The Balaban J connectivity index is 2.54. The minimum absolute atomic E-state index is 0.412. The van der Waals surface area contributed by atoms with Crippen LogP contribution in [0.25, 0.3) is 11.3 Å². The molecule has 1 heterocycles. The number of nitrogen functional groups attached to an aromatic ring is 1. The Morgan fingerprint density at radius 1 is 1.33 bits per heavy atom. The van der Waals surface area contributed by atoms with Crippen molar-refractivity contribution in [2.45, 2.75) is 20.3 Å². The van der Waals surface area contributed by atoms with E-state index < -0.39 is 0 Å². The molecule has 2 aromatic rings. The maximum atomic E-state index is 6.18. The van der Waals surface area contributed by atoms with Crippen molar-refractivity contribution in [1.29, 1.82) is 0 Å². The number of rotatable bonds is 3. The number of halogens is 2. The minimum Gasteiger partial charge on any atom is -0.381 e. The van der Waals surface area contributed by atoms with E-state index in [4.69, 9.17) is 33.5 Å². The Kier molecular flexibility index (Phi) is 3.83. The van der Waals surface area contributed by atoms with E-state index in [0.29, 0.717) is 27.5 Å². The predicted molar refractivity (Wildman–Crippen MR) is 74.9 cm³/mol. The molecule has 0 aliphatic carbocycles. The van der Waals surface area contributed by atoms with Crippen molar-refractivity contribution < 1.29 is 4.52 Å². The summed E-state index contributed by atoms with van der Waals surface area (Å²) in [6.07, 6.45) is 0.785. The number of anilines is 1. The molecule has 1 aromatic heterocycles. The van der Waals surface area contributed by atoms with Crippen LogP contribution in [-0.4, -0.2) is 5.16 Å². The van der Waals surface area contributed by atoms with Crippen molar-refractivity contribution in [3.63, 3.8) is 0 Å². The second-order valence-corrected chi connectivity index (χ2v) is 5.36. The highest BCUT2D eigenvalue weighted by molar-refractivity contribution is 6.43. The Hall–Kier alpha value is -1.19. The van der Waals surface area contributed by atoms with Gasteiger partial charge < -0.3 is 10.3 Å². The van der Waals surface area contributed by atoms with E-state index in [1.165, 1.54) is 0 Å². The van der Waals surface area contributed by atoms with Gasteiger partial charge in [-0.3, -0.25) is 0 Å². The maximum absolute atomic E-state index is 6.18. The topological polar surface area (TPSA) is 52.0 Å². The lowest BCUT2D eigenvalue weighted by Gasteiger charge is -2.07. The molecule has 0 amide bonds. The first-order valence-electron chi connectivity index (χ1n) is 5.69. The number of nitrogens with two attached hydrogens (primary N) is 1. The predicted octanol–water partition coefficient (Wildman–Crippen LogP) is 4.43. The van der Waals surface area contributed by atoms with Gasteiger partial charge in [0.25, 0.3) is 0 Å². The van der Waals surface area contributed by atoms with Gasteiger partial charge in [-0.1, -0.05) is 48.3 Å². The Bertz CT molecular complexity index is 564. The molecule has 0 spiro atoms. The van der Waals surface area contributed by atoms with E-state index in [2.05, 4.69) is 19.0 Å². The molecular weight excluding hydrogens is 271 g/mol. The minimum atomic E-state index is 0.412. The molecule has 0 radical (unpaired) electrons. The van der Waals surface area contributed by atoms with E-state index in [0.717, 1.165) is 17.5 Å². The molecular formula is C13H14Cl2N2O. The van der Waals surface area contributed by atoms with Gasteiger partial charge in [-0.25, -0.2) is 0 Å². The van der Waals surface area contributed by atoms with E-state index in [9.17, 15) is 0 Å². The van der Waals surface area contributed by atoms with Crippen molar-refractivity contribution in [3.8, 4) is 11.3 Å². The van der Waals surface area contributed by atoms with Gasteiger partial charge in [-0.2, -0.15) is 0 Å². The molecule has 0 saturated heterocycles. The zero-order valence-corrected chi connectivity index (χ0v) is 11.7. The van der Waals surface area contributed by atoms with Gasteiger partial charge in [0.1, 0.15) is 0 Å². The quantitative estimate of drug-likeness (QED) is 0.907. The monoisotopic (exact) mass is 284 g/mol. The fourth-order valence-electron chi connectivity index (χ4n) is 1.82. The molecule has 1 aromatic carbocycles. The molecule has 0 saturated carbocycles. The molecule has 0 bridgehead atoms. The lowest BCUT2D eigenvalue weighted by Crippen LogP contribution is -1.99. The number of nitrogens with zero attached hydrogens (tertiary/aromatic N) is 1. The fraction of sp³-hybridized carbons (Fsp3) is 0.308. The van der Waals surface area contributed by atoms with Crippen LogP contribution in [0.2, 0.25) is 10.0 Å². The SMILES string of the molecule is CC(C)Cc1c(N)noc1-c1cccc(Cl)c1Cl. The Labute approximate surface area is 116 Å². The molecule has 2 rings (SSSR count). The van der Waals surface area contributed by atoms with E-state index >= 15 is 0 Å². The lowest BCUT2D eigenvalue weighted by atomic mass is 10.00. The normalized spacial score (nSPS) is 11.2. The molecule has 3 nitrogen and oxygen atoms in total. The average Bonchev–Trinajstić information content (AvgIpc) is 2.64. The zero-order chi connectivity index (χ0) is 13.3. The average molecular weight is 285 g/mol. The van der Waals surface area contributed by atoms with Crippen LogP contribution in [0, 0.1) is 5.92 Å². The molecule has 5 heteroatoms. The van der Waals surface area contributed by atoms with Crippen LogP contribution in [0.5, 0.6) is 0 Å². The van der Waals surface area contributed by atoms with Crippen molar-refractivity contribution in [3.05, 3.63) is 33.8 Å². The summed E-state index contributed by atoms with van der Waals surface area (Å²) < 4.78 is 5.30. The summed E-state index contributed by atoms with van der Waals surface area (Å²) in [5, 5.41) is 4.76. The highest BCUT2D eigenvalue weighted by atomic mass is 35.5. The molecule has 0 fully saturated rings. The standard InChI is InChI=1S/C13H14Cl2N2O/c1-7(2)6-9-12(18-17-13(9)16)8-4-3-5-10(14)11(8)15/h3-5,7H,6H2,1-2H3,(H2,16,17). The molecule has 0 unspecified atom stereocenters. The third-order valence-corrected chi connectivity index (χ3v) is 3.45. The van der Waals surface area contributed by atoms with Gasteiger partial charge in [0.15, 0.2) is 11.6 Å². The van der Waals surface area contributed by atoms with Gasteiger partial charge in [0, 0.05) is 11.1 Å². The molecule has 0 atom stereocenters. The van der Waals surface area contributed by atoms with Crippen LogP contribution in [-0.2, 0) is 6.42 Å². The summed E-state index contributed by atoms with van der Waals surface area (Å²) in [5.74, 6) is 1.46. The van der Waals surface area contributed by atoms with E-state index in [-0.39, 0.29) is 0 Å². The Morgan fingerprint density at radius 2 is 2.06 bits per heavy atom. The Morgan fingerprint density at radius 3 is 2.72 bits per heavy atom. The number of hydrogen-bond acceptors (Lipinski definition) is 3. The van der Waals surface area contributed by atoms with Crippen molar-refractivity contribution >= 4 is 29.0 Å². The highest BCUT2D eigenvalue weighted by Crippen LogP contribution is 2.37. The van der Waals surface area contributed by atoms with Gasteiger partial charge in [0.05, 0.1) is 10.0 Å². The molecule has 2 N–H and O–H groups in total. The number of hydrogen-bond donors (Lipinski definition) is 1. The largest absolute Gasteiger partial charge is 0.381 e. The summed E-state index contributed by atoms with van der Waals surface area (Å²) >= 11 is 12.2. The first-order valence-corrected chi connectivity index (χ1v) is 6.44. The van der Waals surface area contributed by atoms with E-state index in [1.54, 1.807) is 6.07 Å². The second kappa shape index (κ2) is 5.21. The van der Waals surface area contributed by atoms with Gasteiger partial charge in [-0.15, -0.1) is 0 Å². The van der Waals surface area contributed by atoms with Crippen LogP contribution >= 0.6 is 23.2 Å². The first-order chi connectivity index (χ1) is 8.50. The molecule has 0 aliphatic heterocycles. The third kappa shape index (κ3) is 2.47. The van der Waals surface area contributed by atoms with Gasteiger partial charge >= 0.3 is 0 Å². The highest BCUT2D eigenvalue weighted by Gasteiger charge is 2.19. The molecule has 18 heavy (non-hydrogen) atoms. The molecule has 0 aliphatic rings. The van der Waals surface area contributed by atoms with Crippen LogP contribution in [0.1, 0.15) is 19.4 Å². The van der Waals surface area contributed by atoms with Gasteiger partial charge in [-0.05, 0) is 24.5 Å². The smallest absolute Gasteiger partial charge is 0.173 e. The number of aromatic nitrogens is 1. The van der Waals surface area contributed by atoms with Crippen LogP contribution in [0.4, 0.5) is 5.82 Å². The van der Waals surface area contributed by atoms with Crippen LogP contribution < -0.4 is 5.73 Å².